The molecule has 0 amide bonds. The zero-order chi connectivity index (χ0) is 11.4. The molecule has 4 nitrogen and oxygen atoms in total. The van der Waals surface area contributed by atoms with Gasteiger partial charge in [-0.1, -0.05) is 20.3 Å². The molecule has 1 heterocycles. The van der Waals surface area contributed by atoms with E-state index in [1.807, 2.05) is 11.7 Å². The standard InChI is InChI=1S/C11H22N4/c1-5-7-9-10(12)11(15(4)14-9)13-8(3)6-2/h8,13H,5-7,12H2,1-4H3. The Hall–Kier alpha value is -1.19. The van der Waals surface area contributed by atoms with E-state index in [-0.39, 0.29) is 0 Å². The number of anilines is 2. The normalized spacial score (nSPS) is 12.8. The Kier molecular flexibility index (Phi) is 4.00. The minimum absolute atomic E-state index is 0.428. The van der Waals surface area contributed by atoms with E-state index in [0.29, 0.717) is 6.04 Å². The number of aromatic nitrogens is 2. The van der Waals surface area contributed by atoms with Crippen LogP contribution in [0, 0.1) is 0 Å². The second kappa shape index (κ2) is 5.05. The first-order valence-corrected chi connectivity index (χ1v) is 5.68. The van der Waals surface area contributed by atoms with E-state index in [0.717, 1.165) is 36.5 Å². The molecular weight excluding hydrogens is 188 g/mol. The van der Waals surface area contributed by atoms with E-state index in [2.05, 4.69) is 31.2 Å². The molecule has 0 spiro atoms. The fraction of sp³-hybridized carbons (Fsp3) is 0.727. The lowest BCUT2D eigenvalue weighted by Gasteiger charge is -2.13. The van der Waals surface area contributed by atoms with E-state index < -0.39 is 0 Å². The van der Waals surface area contributed by atoms with Crippen molar-refractivity contribution in [3.05, 3.63) is 5.69 Å². The van der Waals surface area contributed by atoms with E-state index in [4.69, 9.17) is 5.73 Å². The summed E-state index contributed by atoms with van der Waals surface area (Å²) >= 11 is 0. The minimum atomic E-state index is 0.428. The Morgan fingerprint density at radius 1 is 1.47 bits per heavy atom. The summed E-state index contributed by atoms with van der Waals surface area (Å²) in [4.78, 5) is 0. The Balaban J connectivity index is 2.87. The minimum Gasteiger partial charge on any atom is -0.394 e. The molecule has 3 N–H and O–H groups in total. The molecule has 1 unspecified atom stereocenters. The Labute approximate surface area is 91.8 Å². The lowest BCUT2D eigenvalue weighted by molar-refractivity contribution is 0.706. The third kappa shape index (κ3) is 2.64. The highest BCUT2D eigenvalue weighted by Crippen LogP contribution is 2.23. The summed E-state index contributed by atoms with van der Waals surface area (Å²) in [6, 6.07) is 0.428. The van der Waals surface area contributed by atoms with Crippen LogP contribution < -0.4 is 11.1 Å². The molecule has 0 radical (unpaired) electrons. The summed E-state index contributed by atoms with van der Waals surface area (Å²) in [6.07, 6.45) is 3.10. The van der Waals surface area contributed by atoms with Crippen LogP contribution in [0.5, 0.6) is 0 Å². The third-order valence-corrected chi connectivity index (χ3v) is 2.64. The van der Waals surface area contributed by atoms with Gasteiger partial charge in [-0.2, -0.15) is 5.10 Å². The summed E-state index contributed by atoms with van der Waals surface area (Å²) in [5.74, 6) is 0.952. The van der Waals surface area contributed by atoms with Gasteiger partial charge < -0.3 is 11.1 Å². The van der Waals surface area contributed by atoms with Crippen LogP contribution in [0.4, 0.5) is 11.5 Å². The first kappa shape index (κ1) is 11.9. The number of nitrogens with one attached hydrogen (secondary N) is 1. The average Bonchev–Trinajstić information content (AvgIpc) is 2.46. The highest BCUT2D eigenvalue weighted by Gasteiger charge is 2.13. The van der Waals surface area contributed by atoms with Gasteiger partial charge in [0, 0.05) is 13.1 Å². The predicted octanol–water partition coefficient (Wildman–Crippen LogP) is 2.17. The smallest absolute Gasteiger partial charge is 0.147 e. The zero-order valence-electron chi connectivity index (χ0n) is 10.2. The van der Waals surface area contributed by atoms with Crippen LogP contribution in [-0.2, 0) is 13.5 Å². The Bertz CT molecular complexity index is 317. The highest BCUT2D eigenvalue weighted by atomic mass is 15.3. The number of aryl methyl sites for hydroxylation is 2. The molecule has 0 aliphatic carbocycles. The van der Waals surface area contributed by atoms with Crippen LogP contribution in [0.25, 0.3) is 0 Å². The van der Waals surface area contributed by atoms with Gasteiger partial charge in [0.25, 0.3) is 0 Å². The van der Waals surface area contributed by atoms with Gasteiger partial charge in [0.05, 0.1) is 11.4 Å². The quantitative estimate of drug-likeness (QED) is 0.783. The molecular formula is C11H22N4. The monoisotopic (exact) mass is 210 g/mol. The molecule has 1 rings (SSSR count). The summed E-state index contributed by atoms with van der Waals surface area (Å²) in [5.41, 5.74) is 7.86. The molecule has 0 saturated carbocycles. The fourth-order valence-electron chi connectivity index (χ4n) is 1.52. The molecule has 15 heavy (non-hydrogen) atoms. The van der Waals surface area contributed by atoms with Crippen molar-refractivity contribution in [3.8, 4) is 0 Å². The summed E-state index contributed by atoms with van der Waals surface area (Å²) in [5, 5.41) is 7.80. The summed E-state index contributed by atoms with van der Waals surface area (Å²) in [6.45, 7) is 6.43. The van der Waals surface area contributed by atoms with Crippen LogP contribution in [0.3, 0.4) is 0 Å². The van der Waals surface area contributed by atoms with Crippen LogP contribution in [0.2, 0.25) is 0 Å². The van der Waals surface area contributed by atoms with Crippen molar-refractivity contribution in [3.63, 3.8) is 0 Å². The van der Waals surface area contributed by atoms with Crippen molar-refractivity contribution in [2.45, 2.75) is 46.1 Å². The van der Waals surface area contributed by atoms with Crippen molar-refractivity contribution < 1.29 is 0 Å². The molecule has 86 valence electrons. The number of hydrogen-bond acceptors (Lipinski definition) is 3. The molecule has 4 heteroatoms. The van der Waals surface area contributed by atoms with Crippen molar-refractivity contribution >= 4 is 11.5 Å². The first-order chi connectivity index (χ1) is 7.10. The van der Waals surface area contributed by atoms with Crippen LogP contribution in [0.15, 0.2) is 0 Å². The fourth-order valence-corrected chi connectivity index (χ4v) is 1.52. The topological polar surface area (TPSA) is 55.9 Å². The molecule has 0 aliphatic rings. The van der Waals surface area contributed by atoms with E-state index >= 15 is 0 Å². The maximum absolute atomic E-state index is 6.05. The van der Waals surface area contributed by atoms with Crippen LogP contribution in [0.1, 0.15) is 39.3 Å². The largest absolute Gasteiger partial charge is 0.394 e. The second-order valence-corrected chi connectivity index (χ2v) is 4.04. The summed E-state index contributed by atoms with van der Waals surface area (Å²) < 4.78 is 1.84. The second-order valence-electron chi connectivity index (χ2n) is 4.04. The maximum atomic E-state index is 6.05. The number of rotatable bonds is 5. The van der Waals surface area contributed by atoms with Crippen LogP contribution >= 0.6 is 0 Å². The van der Waals surface area contributed by atoms with E-state index in [1.165, 1.54) is 0 Å². The van der Waals surface area contributed by atoms with Gasteiger partial charge in [-0.05, 0) is 19.8 Å². The lowest BCUT2D eigenvalue weighted by atomic mass is 10.2. The van der Waals surface area contributed by atoms with Crippen molar-refractivity contribution in [1.29, 1.82) is 0 Å². The molecule has 0 saturated heterocycles. The summed E-state index contributed by atoms with van der Waals surface area (Å²) in [7, 11) is 1.93. The maximum Gasteiger partial charge on any atom is 0.147 e. The van der Waals surface area contributed by atoms with Gasteiger partial charge in [-0.25, -0.2) is 0 Å². The lowest BCUT2D eigenvalue weighted by Crippen LogP contribution is -2.16. The van der Waals surface area contributed by atoms with Gasteiger partial charge in [0.15, 0.2) is 0 Å². The number of hydrogen-bond donors (Lipinski definition) is 2. The third-order valence-electron chi connectivity index (χ3n) is 2.64. The molecule has 0 bridgehead atoms. The van der Waals surface area contributed by atoms with Crippen LogP contribution in [-0.4, -0.2) is 15.8 Å². The Morgan fingerprint density at radius 3 is 2.67 bits per heavy atom. The van der Waals surface area contributed by atoms with Gasteiger partial charge in [0.2, 0.25) is 0 Å². The first-order valence-electron chi connectivity index (χ1n) is 5.68. The van der Waals surface area contributed by atoms with Gasteiger partial charge >= 0.3 is 0 Å². The van der Waals surface area contributed by atoms with Gasteiger partial charge in [-0.15, -0.1) is 0 Å². The highest BCUT2D eigenvalue weighted by molar-refractivity contribution is 5.65. The van der Waals surface area contributed by atoms with E-state index in [9.17, 15) is 0 Å². The van der Waals surface area contributed by atoms with Crippen molar-refractivity contribution in [2.24, 2.45) is 7.05 Å². The van der Waals surface area contributed by atoms with Crippen molar-refractivity contribution in [1.82, 2.24) is 9.78 Å². The van der Waals surface area contributed by atoms with Gasteiger partial charge in [0.1, 0.15) is 5.82 Å². The molecule has 0 aliphatic heterocycles. The Morgan fingerprint density at radius 2 is 2.13 bits per heavy atom. The van der Waals surface area contributed by atoms with E-state index in [1.54, 1.807) is 0 Å². The predicted molar refractivity (Wildman–Crippen MR) is 65.0 cm³/mol. The number of nitrogens with two attached hydrogens (primary N) is 1. The SMILES string of the molecule is CCCc1nn(C)c(NC(C)CC)c1N. The molecule has 0 aromatic carbocycles. The van der Waals surface area contributed by atoms with Crippen molar-refractivity contribution in [2.75, 3.05) is 11.1 Å². The number of nitrogens with zero attached hydrogens (tertiary/aromatic N) is 2. The average molecular weight is 210 g/mol. The molecule has 1 aromatic heterocycles. The van der Waals surface area contributed by atoms with Gasteiger partial charge in [-0.3, -0.25) is 4.68 Å². The molecule has 1 aromatic rings. The zero-order valence-corrected chi connectivity index (χ0v) is 10.2. The molecule has 0 fully saturated rings. The molecule has 1 atom stereocenters. The number of nitrogen functional groups attached to an aromatic ring is 1.